The van der Waals surface area contributed by atoms with Crippen LogP contribution in [0.3, 0.4) is 0 Å². The number of anilines is 1. The molecule has 154 valence electrons. The van der Waals surface area contributed by atoms with Crippen LogP contribution in [0.4, 0.5) is 5.69 Å². The minimum atomic E-state index is 0.354. The van der Waals surface area contributed by atoms with Gasteiger partial charge in [-0.2, -0.15) is 0 Å². The largest absolute Gasteiger partial charge is 0.507 e. The summed E-state index contributed by atoms with van der Waals surface area (Å²) in [7, 11) is 1.73. The molecule has 3 rings (SSSR count). The molecule has 0 aliphatic carbocycles. The number of aromatic hydroxyl groups is 1. The second kappa shape index (κ2) is 10.2. The number of phenolic OH excluding ortho intramolecular Hbond substituents is 1. The Bertz CT molecular complexity index is 957. The average Bonchev–Trinajstić information content (AvgIpc) is 2.76. The third-order valence-electron chi connectivity index (χ3n) is 5.41. The van der Waals surface area contributed by atoms with Gasteiger partial charge < -0.3 is 14.7 Å². The Balaban J connectivity index is 1.79. The van der Waals surface area contributed by atoms with Crippen molar-refractivity contribution in [3.05, 3.63) is 64.6 Å². The number of rotatable bonds is 6. The van der Waals surface area contributed by atoms with Crippen LogP contribution in [-0.4, -0.2) is 43.3 Å². The number of allylic oxidation sites excluding steroid dienone is 2. The van der Waals surface area contributed by atoms with Gasteiger partial charge in [-0.25, -0.2) is 0 Å². The summed E-state index contributed by atoms with van der Waals surface area (Å²) >= 11 is 0. The fourth-order valence-corrected chi connectivity index (χ4v) is 3.89. The number of para-hydroxylation sites is 2. The lowest BCUT2D eigenvalue weighted by molar-refractivity contribution is 0.248. The van der Waals surface area contributed by atoms with Crippen molar-refractivity contribution in [2.45, 2.75) is 26.8 Å². The van der Waals surface area contributed by atoms with Gasteiger partial charge in [0.05, 0.1) is 12.8 Å². The zero-order valence-corrected chi connectivity index (χ0v) is 17.8. The lowest BCUT2D eigenvalue weighted by atomic mass is 10.1. The molecule has 0 radical (unpaired) electrons. The predicted molar refractivity (Wildman–Crippen MR) is 122 cm³/mol. The molecular formula is C25H32N2O2. The minimum absolute atomic E-state index is 0.354. The molecule has 2 aromatic rings. The van der Waals surface area contributed by atoms with E-state index in [0.717, 1.165) is 55.3 Å². The maximum Gasteiger partial charge on any atom is 0.142 e. The Labute approximate surface area is 174 Å². The van der Waals surface area contributed by atoms with E-state index in [4.69, 9.17) is 4.74 Å². The Morgan fingerprint density at radius 3 is 2.48 bits per heavy atom. The van der Waals surface area contributed by atoms with Crippen LogP contribution >= 0.6 is 0 Å². The van der Waals surface area contributed by atoms with Gasteiger partial charge in [-0.15, -0.1) is 0 Å². The van der Waals surface area contributed by atoms with Crippen molar-refractivity contribution in [3.63, 3.8) is 0 Å². The van der Waals surface area contributed by atoms with E-state index >= 15 is 0 Å². The fraction of sp³-hybridized carbons (Fsp3) is 0.360. The van der Waals surface area contributed by atoms with Gasteiger partial charge in [0.2, 0.25) is 0 Å². The van der Waals surface area contributed by atoms with Gasteiger partial charge in [0, 0.05) is 37.9 Å². The molecule has 0 aromatic heterocycles. The summed E-state index contributed by atoms with van der Waals surface area (Å²) in [5, 5.41) is 12.4. The van der Waals surface area contributed by atoms with E-state index in [-0.39, 0.29) is 0 Å². The molecule has 1 saturated heterocycles. The molecule has 0 saturated carbocycles. The summed E-state index contributed by atoms with van der Waals surface area (Å²) < 4.78 is 5.53. The molecule has 1 heterocycles. The zero-order chi connectivity index (χ0) is 20.6. The zero-order valence-electron chi connectivity index (χ0n) is 17.8. The average molecular weight is 393 g/mol. The van der Waals surface area contributed by atoms with E-state index in [9.17, 15) is 5.11 Å². The van der Waals surface area contributed by atoms with Crippen LogP contribution in [0.25, 0.3) is 12.2 Å². The van der Waals surface area contributed by atoms with Crippen molar-refractivity contribution in [2.24, 2.45) is 0 Å². The summed E-state index contributed by atoms with van der Waals surface area (Å²) in [5.41, 5.74) is 2.42. The van der Waals surface area contributed by atoms with E-state index in [2.05, 4.69) is 47.1 Å². The van der Waals surface area contributed by atoms with E-state index in [1.165, 1.54) is 11.3 Å². The number of ether oxygens (including phenoxy) is 1. The summed E-state index contributed by atoms with van der Waals surface area (Å²) in [6, 6.07) is 12.1. The number of piperazine rings is 1. The molecule has 4 nitrogen and oxygen atoms in total. The fourth-order valence-electron chi connectivity index (χ4n) is 3.89. The maximum atomic E-state index is 10.4. The van der Waals surface area contributed by atoms with Crippen LogP contribution in [-0.2, 0) is 6.54 Å². The van der Waals surface area contributed by atoms with E-state index in [1.807, 2.05) is 37.3 Å². The van der Waals surface area contributed by atoms with Crippen LogP contribution in [0, 0.1) is 0 Å². The number of hydrogen-bond donors (Lipinski definition) is 1. The molecule has 2 aromatic carbocycles. The summed E-state index contributed by atoms with van der Waals surface area (Å²) in [6.45, 7) is 8.93. The molecular weight excluding hydrogens is 360 g/mol. The van der Waals surface area contributed by atoms with Crippen molar-refractivity contribution in [1.29, 1.82) is 0 Å². The van der Waals surface area contributed by atoms with Gasteiger partial charge >= 0.3 is 0 Å². The standard InChI is InChI=1S/C25H32N2O2/c1-4-6-10-21-20(13-14-24(28)22(21)9-5-2)19-26-15-17-27(18-16-26)23-11-7-8-12-25(23)29-3/h4,6-14,28H,5,15-19H2,1-3H3/b6-4-,21-10-,22-9-. The van der Waals surface area contributed by atoms with Crippen LogP contribution in [0.15, 0.2) is 48.6 Å². The number of hydrogen-bond acceptors (Lipinski definition) is 4. The number of methoxy groups -OCH3 is 1. The third-order valence-corrected chi connectivity index (χ3v) is 5.41. The highest BCUT2D eigenvalue weighted by atomic mass is 16.5. The van der Waals surface area contributed by atoms with Crippen molar-refractivity contribution in [1.82, 2.24) is 4.90 Å². The second-order valence-electron chi connectivity index (χ2n) is 7.31. The van der Waals surface area contributed by atoms with E-state index < -0.39 is 0 Å². The normalized spacial score (nSPS) is 16.7. The van der Waals surface area contributed by atoms with Gasteiger partial charge in [-0.1, -0.05) is 49.4 Å². The number of nitrogens with zero attached hydrogens (tertiary/aromatic N) is 2. The van der Waals surface area contributed by atoms with E-state index in [1.54, 1.807) is 7.11 Å². The highest BCUT2D eigenvalue weighted by molar-refractivity contribution is 5.58. The molecule has 0 spiro atoms. The Hall–Kier alpha value is -2.72. The molecule has 1 aliphatic heterocycles. The lowest BCUT2D eigenvalue weighted by Crippen LogP contribution is -2.47. The molecule has 0 amide bonds. The molecule has 29 heavy (non-hydrogen) atoms. The third kappa shape index (κ3) is 5.01. The van der Waals surface area contributed by atoms with Crippen LogP contribution in [0.5, 0.6) is 11.5 Å². The number of phenols is 1. The Morgan fingerprint density at radius 1 is 1.03 bits per heavy atom. The molecule has 0 atom stereocenters. The van der Waals surface area contributed by atoms with E-state index in [0.29, 0.717) is 5.75 Å². The highest BCUT2D eigenvalue weighted by Crippen LogP contribution is 2.28. The predicted octanol–water partition coefficient (Wildman–Crippen LogP) is 3.27. The Morgan fingerprint density at radius 2 is 1.79 bits per heavy atom. The van der Waals surface area contributed by atoms with Crippen molar-refractivity contribution >= 4 is 17.8 Å². The molecule has 4 heteroatoms. The lowest BCUT2D eigenvalue weighted by Gasteiger charge is -2.36. The Kier molecular flexibility index (Phi) is 7.36. The molecule has 1 aliphatic rings. The smallest absolute Gasteiger partial charge is 0.142 e. The quantitative estimate of drug-likeness (QED) is 0.819. The van der Waals surface area contributed by atoms with Crippen LogP contribution < -0.4 is 20.1 Å². The van der Waals surface area contributed by atoms with Gasteiger partial charge in [0.15, 0.2) is 0 Å². The topological polar surface area (TPSA) is 35.9 Å². The first kappa shape index (κ1) is 21.0. The first-order valence-corrected chi connectivity index (χ1v) is 10.4. The second-order valence-corrected chi connectivity index (χ2v) is 7.31. The first-order valence-electron chi connectivity index (χ1n) is 10.4. The van der Waals surface area contributed by atoms with Gasteiger partial charge in [0.25, 0.3) is 0 Å². The molecule has 1 fully saturated rings. The monoisotopic (exact) mass is 392 g/mol. The van der Waals surface area contributed by atoms with Crippen LogP contribution in [0.1, 0.15) is 25.8 Å². The van der Waals surface area contributed by atoms with Crippen LogP contribution in [0.2, 0.25) is 0 Å². The molecule has 0 bridgehead atoms. The van der Waals surface area contributed by atoms with Gasteiger partial charge in [0.1, 0.15) is 11.5 Å². The summed E-state index contributed by atoms with van der Waals surface area (Å²) in [4.78, 5) is 4.89. The van der Waals surface area contributed by atoms with Gasteiger partial charge in [-0.05, 0) is 42.3 Å². The molecule has 0 unspecified atom stereocenters. The van der Waals surface area contributed by atoms with Crippen molar-refractivity contribution in [2.75, 3.05) is 38.2 Å². The van der Waals surface area contributed by atoms with Gasteiger partial charge in [-0.3, -0.25) is 4.90 Å². The highest BCUT2D eigenvalue weighted by Gasteiger charge is 2.20. The SMILES string of the molecule is C\C=C/C=c1/c(CN2CCN(c3ccccc3OC)CC2)ccc(O)/c1=C\CC. The maximum absolute atomic E-state index is 10.4. The molecule has 1 N–H and O–H groups in total. The van der Waals surface area contributed by atoms with Crippen molar-refractivity contribution < 1.29 is 9.84 Å². The number of benzene rings is 2. The van der Waals surface area contributed by atoms with Crippen molar-refractivity contribution in [3.8, 4) is 11.5 Å². The summed E-state index contributed by atoms with van der Waals surface area (Å²) in [5.74, 6) is 1.29. The first-order chi connectivity index (χ1) is 14.2. The minimum Gasteiger partial charge on any atom is -0.507 e. The summed E-state index contributed by atoms with van der Waals surface area (Å²) in [6.07, 6.45) is 9.18.